The van der Waals surface area contributed by atoms with Crippen LogP contribution in [0.4, 0.5) is 8.78 Å². The highest BCUT2D eigenvalue weighted by atomic mass is 19.1. The predicted molar refractivity (Wildman–Crippen MR) is 62.8 cm³/mol. The van der Waals surface area contributed by atoms with Crippen LogP contribution in [0.15, 0.2) is 18.2 Å². The van der Waals surface area contributed by atoms with Crippen molar-refractivity contribution in [3.63, 3.8) is 0 Å². The summed E-state index contributed by atoms with van der Waals surface area (Å²) < 4.78 is 26.7. The molecule has 0 aliphatic carbocycles. The lowest BCUT2D eigenvalue weighted by Crippen LogP contribution is -2.46. The number of hydrogen-bond donors (Lipinski definition) is 1. The van der Waals surface area contributed by atoms with E-state index < -0.39 is 17.0 Å². The molecular formula is C14H14F2N2. The van der Waals surface area contributed by atoms with Crippen LogP contribution in [0.25, 0.3) is 0 Å². The molecule has 18 heavy (non-hydrogen) atoms. The zero-order valence-corrected chi connectivity index (χ0v) is 9.92. The van der Waals surface area contributed by atoms with Crippen molar-refractivity contribution in [2.45, 2.75) is 43.2 Å². The number of fused-ring (bicyclic) bond motifs is 2. The van der Waals surface area contributed by atoms with E-state index in [0.29, 0.717) is 30.5 Å². The highest BCUT2D eigenvalue weighted by Gasteiger charge is 2.45. The monoisotopic (exact) mass is 248 g/mol. The molecule has 2 fully saturated rings. The SMILES string of the molecule is N#CC1(c2cc(F)cc(F)c2)CC2CCC(C1)N2. The molecule has 2 unspecified atom stereocenters. The van der Waals surface area contributed by atoms with E-state index in [0.717, 1.165) is 18.9 Å². The second kappa shape index (κ2) is 4.03. The van der Waals surface area contributed by atoms with Crippen molar-refractivity contribution in [3.05, 3.63) is 35.4 Å². The molecule has 1 aromatic rings. The van der Waals surface area contributed by atoms with Crippen LogP contribution in [0.5, 0.6) is 0 Å². The maximum absolute atomic E-state index is 13.3. The standard InChI is InChI=1S/C14H14F2N2/c15-10-3-9(4-11(16)5-10)14(8-17)6-12-1-2-13(7-14)18-12/h3-5,12-13,18H,1-2,6-7H2. The van der Waals surface area contributed by atoms with Gasteiger partial charge in [0.2, 0.25) is 0 Å². The summed E-state index contributed by atoms with van der Waals surface area (Å²) in [5, 5.41) is 13.0. The van der Waals surface area contributed by atoms with Gasteiger partial charge >= 0.3 is 0 Å². The van der Waals surface area contributed by atoms with Crippen molar-refractivity contribution >= 4 is 0 Å². The molecule has 2 aliphatic rings. The largest absolute Gasteiger partial charge is 0.311 e. The van der Waals surface area contributed by atoms with Crippen LogP contribution in [-0.4, -0.2) is 12.1 Å². The molecule has 2 heterocycles. The topological polar surface area (TPSA) is 35.8 Å². The average Bonchev–Trinajstić information content (AvgIpc) is 2.67. The Balaban J connectivity index is 2.04. The van der Waals surface area contributed by atoms with Crippen molar-refractivity contribution in [1.82, 2.24) is 5.32 Å². The van der Waals surface area contributed by atoms with Gasteiger partial charge in [0.1, 0.15) is 11.6 Å². The van der Waals surface area contributed by atoms with Gasteiger partial charge in [0.25, 0.3) is 0 Å². The first kappa shape index (κ1) is 11.6. The van der Waals surface area contributed by atoms with Gasteiger partial charge in [-0.15, -0.1) is 0 Å². The minimum absolute atomic E-state index is 0.301. The third-order valence-electron chi connectivity index (χ3n) is 4.15. The van der Waals surface area contributed by atoms with E-state index in [2.05, 4.69) is 11.4 Å². The van der Waals surface area contributed by atoms with Gasteiger partial charge in [0.05, 0.1) is 11.5 Å². The summed E-state index contributed by atoms with van der Waals surface area (Å²) in [6, 6.07) is 6.37. The summed E-state index contributed by atoms with van der Waals surface area (Å²) in [7, 11) is 0. The van der Waals surface area contributed by atoms with Gasteiger partial charge in [0, 0.05) is 18.2 Å². The average molecular weight is 248 g/mol. The smallest absolute Gasteiger partial charge is 0.126 e. The number of benzene rings is 1. The van der Waals surface area contributed by atoms with E-state index in [1.165, 1.54) is 12.1 Å². The van der Waals surface area contributed by atoms with Crippen molar-refractivity contribution in [3.8, 4) is 6.07 Å². The maximum atomic E-state index is 13.3. The molecule has 0 saturated carbocycles. The van der Waals surface area contributed by atoms with Crippen LogP contribution in [-0.2, 0) is 5.41 Å². The molecule has 0 spiro atoms. The van der Waals surface area contributed by atoms with E-state index in [1.807, 2.05) is 0 Å². The first-order chi connectivity index (χ1) is 8.61. The Kier molecular flexibility index (Phi) is 2.60. The molecule has 0 amide bonds. The number of hydrogen-bond acceptors (Lipinski definition) is 2. The first-order valence-corrected chi connectivity index (χ1v) is 6.25. The van der Waals surface area contributed by atoms with Crippen molar-refractivity contribution < 1.29 is 8.78 Å². The minimum atomic E-state index is -0.736. The summed E-state index contributed by atoms with van der Waals surface area (Å²) in [6.07, 6.45) is 3.38. The number of nitriles is 1. The van der Waals surface area contributed by atoms with Crippen molar-refractivity contribution in [2.24, 2.45) is 0 Å². The zero-order chi connectivity index (χ0) is 12.8. The molecule has 4 heteroatoms. The lowest BCUT2D eigenvalue weighted by atomic mass is 9.72. The molecule has 0 radical (unpaired) electrons. The predicted octanol–water partition coefficient (Wildman–Crippen LogP) is 2.64. The summed E-state index contributed by atoms with van der Waals surface area (Å²) in [6.45, 7) is 0. The lowest BCUT2D eigenvalue weighted by molar-refractivity contribution is 0.303. The summed E-state index contributed by atoms with van der Waals surface area (Å²) in [5.41, 5.74) is -0.249. The van der Waals surface area contributed by atoms with Crippen LogP contribution >= 0.6 is 0 Å². The zero-order valence-electron chi connectivity index (χ0n) is 9.92. The Morgan fingerprint density at radius 1 is 1.11 bits per heavy atom. The Labute approximate surface area is 105 Å². The molecule has 94 valence electrons. The second-order valence-corrected chi connectivity index (χ2v) is 5.40. The number of halogens is 2. The Hall–Kier alpha value is -1.47. The molecule has 3 rings (SSSR count). The van der Waals surface area contributed by atoms with Crippen molar-refractivity contribution in [1.29, 1.82) is 5.26 Å². The third-order valence-corrected chi connectivity index (χ3v) is 4.15. The van der Waals surface area contributed by atoms with E-state index in [9.17, 15) is 14.0 Å². The van der Waals surface area contributed by atoms with Gasteiger partial charge in [-0.3, -0.25) is 0 Å². The number of piperidine rings is 1. The van der Waals surface area contributed by atoms with Crippen LogP contribution in [0.1, 0.15) is 31.2 Å². The van der Waals surface area contributed by atoms with E-state index in [1.54, 1.807) is 0 Å². The second-order valence-electron chi connectivity index (χ2n) is 5.40. The van der Waals surface area contributed by atoms with Crippen LogP contribution < -0.4 is 5.32 Å². The molecule has 2 saturated heterocycles. The Bertz CT molecular complexity index is 489. The third kappa shape index (κ3) is 1.79. The quantitative estimate of drug-likeness (QED) is 0.829. The molecule has 2 aliphatic heterocycles. The lowest BCUT2D eigenvalue weighted by Gasteiger charge is -2.36. The Morgan fingerprint density at radius 3 is 2.17 bits per heavy atom. The van der Waals surface area contributed by atoms with Gasteiger partial charge in [0.15, 0.2) is 0 Å². The molecular weight excluding hydrogens is 234 g/mol. The van der Waals surface area contributed by atoms with E-state index in [-0.39, 0.29) is 0 Å². The molecule has 1 aromatic carbocycles. The van der Waals surface area contributed by atoms with Gasteiger partial charge in [-0.25, -0.2) is 8.78 Å². The Morgan fingerprint density at radius 2 is 1.67 bits per heavy atom. The molecule has 2 bridgehead atoms. The fraction of sp³-hybridized carbons (Fsp3) is 0.500. The summed E-state index contributed by atoms with van der Waals surface area (Å²) in [5.74, 6) is -1.21. The van der Waals surface area contributed by atoms with Crippen LogP contribution in [0, 0.1) is 23.0 Å². The van der Waals surface area contributed by atoms with Crippen molar-refractivity contribution in [2.75, 3.05) is 0 Å². The summed E-state index contributed by atoms with van der Waals surface area (Å²) in [4.78, 5) is 0. The molecule has 1 N–H and O–H groups in total. The highest BCUT2D eigenvalue weighted by molar-refractivity contribution is 5.35. The number of nitrogens with zero attached hydrogens (tertiary/aromatic N) is 1. The number of rotatable bonds is 1. The number of nitrogens with one attached hydrogen (secondary N) is 1. The van der Waals surface area contributed by atoms with Gasteiger partial charge in [-0.05, 0) is 43.4 Å². The van der Waals surface area contributed by atoms with Gasteiger partial charge in [-0.1, -0.05) is 0 Å². The van der Waals surface area contributed by atoms with Gasteiger partial charge < -0.3 is 5.32 Å². The maximum Gasteiger partial charge on any atom is 0.126 e. The fourth-order valence-corrected chi connectivity index (χ4v) is 3.37. The van der Waals surface area contributed by atoms with Crippen LogP contribution in [0.3, 0.4) is 0 Å². The van der Waals surface area contributed by atoms with Gasteiger partial charge in [-0.2, -0.15) is 5.26 Å². The van der Waals surface area contributed by atoms with E-state index >= 15 is 0 Å². The van der Waals surface area contributed by atoms with Crippen LogP contribution in [0.2, 0.25) is 0 Å². The van der Waals surface area contributed by atoms with E-state index in [4.69, 9.17) is 0 Å². The summed E-state index contributed by atoms with van der Waals surface area (Å²) >= 11 is 0. The first-order valence-electron chi connectivity index (χ1n) is 6.25. The minimum Gasteiger partial charge on any atom is -0.311 e. The normalized spacial score (nSPS) is 34.3. The fourth-order valence-electron chi connectivity index (χ4n) is 3.37. The molecule has 2 nitrogen and oxygen atoms in total. The molecule has 0 aromatic heterocycles. The highest BCUT2D eigenvalue weighted by Crippen LogP contribution is 2.42. The molecule has 2 atom stereocenters.